The average molecular weight is 603 g/mol. The summed E-state index contributed by atoms with van der Waals surface area (Å²) in [5, 5.41) is 9.95. The zero-order valence-electron chi connectivity index (χ0n) is 26.7. The number of nitrogens with one attached hydrogen (secondary N) is 1. The number of sulfonamides is 1. The summed E-state index contributed by atoms with van der Waals surface area (Å²) in [6.45, 7) is 15.1. The molecule has 1 aromatic carbocycles. The fraction of sp³-hybridized carbons (Fsp3) is 0.639. The smallest absolute Gasteiger partial charge is 0.241 e. The first kappa shape index (κ1) is 30.5. The second kappa shape index (κ2) is 9.23. The van der Waals surface area contributed by atoms with Gasteiger partial charge in [-0.1, -0.05) is 78.3 Å². The van der Waals surface area contributed by atoms with Crippen LogP contribution in [-0.4, -0.2) is 25.5 Å². The zero-order chi connectivity index (χ0) is 31.4. The Morgan fingerprint density at radius 3 is 2.21 bits per heavy atom. The number of hydrogen-bond acceptors (Lipinski definition) is 5. The highest BCUT2D eigenvalue weighted by Crippen LogP contribution is 2.73. The summed E-state index contributed by atoms with van der Waals surface area (Å²) >= 11 is 0. The van der Waals surface area contributed by atoms with Crippen LogP contribution in [0.4, 0.5) is 0 Å². The van der Waals surface area contributed by atoms with Crippen LogP contribution < -0.4 is 4.72 Å². The van der Waals surface area contributed by atoms with E-state index in [0.29, 0.717) is 12.8 Å². The molecule has 1 N–H and O–H groups in total. The highest BCUT2D eigenvalue weighted by Gasteiger charge is 2.70. The molecule has 6 rings (SSSR count). The van der Waals surface area contributed by atoms with E-state index in [-0.39, 0.29) is 50.6 Å². The quantitative estimate of drug-likeness (QED) is 0.404. The number of carbonyl (C=O) groups is 2. The van der Waals surface area contributed by atoms with Crippen LogP contribution in [0, 0.1) is 56.2 Å². The summed E-state index contributed by atoms with van der Waals surface area (Å²) < 4.78 is 30.8. The third kappa shape index (κ3) is 4.08. The maximum atomic E-state index is 14.7. The Labute approximate surface area is 257 Å². The molecule has 230 valence electrons. The summed E-state index contributed by atoms with van der Waals surface area (Å²) in [7, 11) is -3.79. The molecule has 0 spiro atoms. The maximum Gasteiger partial charge on any atom is 0.241 e. The summed E-state index contributed by atoms with van der Waals surface area (Å²) in [5.74, 6) is -0.512. The van der Waals surface area contributed by atoms with Crippen LogP contribution in [0.2, 0.25) is 0 Å². The molecule has 0 aromatic heterocycles. The van der Waals surface area contributed by atoms with Crippen molar-refractivity contribution in [3.05, 3.63) is 53.6 Å². The highest BCUT2D eigenvalue weighted by molar-refractivity contribution is 7.89. The van der Waals surface area contributed by atoms with Crippen LogP contribution in [-0.2, 0) is 19.6 Å². The second-order valence-electron chi connectivity index (χ2n) is 16.3. The topological polar surface area (TPSA) is 104 Å². The number of allylic oxidation sites excluding steroid dienone is 4. The van der Waals surface area contributed by atoms with Gasteiger partial charge in [-0.15, -0.1) is 0 Å². The van der Waals surface area contributed by atoms with E-state index < -0.39 is 31.8 Å². The van der Waals surface area contributed by atoms with Crippen molar-refractivity contribution in [3.63, 3.8) is 0 Å². The van der Waals surface area contributed by atoms with Gasteiger partial charge in [-0.2, -0.15) is 5.26 Å². The van der Waals surface area contributed by atoms with Gasteiger partial charge in [0.2, 0.25) is 10.0 Å². The van der Waals surface area contributed by atoms with Crippen LogP contribution in [0.25, 0.3) is 0 Å². The molecule has 0 saturated heterocycles. The number of nitrogens with zero attached hydrogens (tertiary/aromatic N) is 1. The number of rotatable bonds is 3. The number of hydrogen-bond donors (Lipinski definition) is 1. The molecule has 0 radical (unpaired) electrons. The van der Waals surface area contributed by atoms with Gasteiger partial charge >= 0.3 is 0 Å². The van der Waals surface area contributed by atoms with Gasteiger partial charge in [-0.05, 0) is 91.2 Å². The van der Waals surface area contributed by atoms with Crippen LogP contribution in [0.1, 0.15) is 93.4 Å². The summed E-state index contributed by atoms with van der Waals surface area (Å²) in [6.07, 6.45) is 9.19. The van der Waals surface area contributed by atoms with Gasteiger partial charge in [0, 0.05) is 22.3 Å². The zero-order valence-corrected chi connectivity index (χ0v) is 27.5. The predicted octanol–water partition coefficient (Wildman–Crippen LogP) is 6.94. The molecule has 0 aliphatic heterocycles. The summed E-state index contributed by atoms with van der Waals surface area (Å²) in [5.41, 5.74) is -1.49. The van der Waals surface area contributed by atoms with Crippen LogP contribution in [0.3, 0.4) is 0 Å². The largest absolute Gasteiger partial charge is 0.295 e. The normalized spacial score (nSPS) is 41.4. The third-order valence-electron chi connectivity index (χ3n) is 13.3. The third-order valence-corrected chi connectivity index (χ3v) is 14.8. The lowest BCUT2D eigenvalue weighted by atomic mass is 9.35. The Balaban J connectivity index is 1.49. The lowest BCUT2D eigenvalue weighted by molar-refractivity contribution is -0.159. The molecule has 5 aliphatic rings. The minimum Gasteiger partial charge on any atom is -0.295 e. The average Bonchev–Trinajstić information content (AvgIpc) is 2.93. The molecule has 0 bridgehead atoms. The van der Waals surface area contributed by atoms with E-state index in [9.17, 15) is 23.3 Å². The number of nitriles is 1. The molecule has 43 heavy (non-hydrogen) atoms. The van der Waals surface area contributed by atoms with E-state index >= 15 is 0 Å². The minimum absolute atomic E-state index is 0.00847. The van der Waals surface area contributed by atoms with Crippen LogP contribution in [0.5, 0.6) is 0 Å². The van der Waals surface area contributed by atoms with E-state index in [1.54, 1.807) is 24.3 Å². The Morgan fingerprint density at radius 1 is 0.907 bits per heavy atom. The van der Waals surface area contributed by atoms with Gasteiger partial charge in [-0.25, -0.2) is 13.1 Å². The van der Waals surface area contributed by atoms with E-state index in [2.05, 4.69) is 45.4 Å². The van der Waals surface area contributed by atoms with E-state index in [1.807, 2.05) is 32.1 Å². The van der Waals surface area contributed by atoms with Gasteiger partial charge < -0.3 is 0 Å². The second-order valence-corrected chi connectivity index (χ2v) is 18.0. The number of fused-ring (bicyclic) bond motifs is 7. The molecule has 3 fully saturated rings. The van der Waals surface area contributed by atoms with Crippen molar-refractivity contribution in [1.82, 2.24) is 4.72 Å². The number of carbonyl (C=O) groups excluding carboxylic acids is 2. The first-order valence-electron chi connectivity index (χ1n) is 15.9. The molecule has 7 atom stereocenters. The van der Waals surface area contributed by atoms with Crippen molar-refractivity contribution in [2.45, 2.75) is 104 Å². The fourth-order valence-corrected chi connectivity index (χ4v) is 12.3. The Hall–Kier alpha value is -2.56. The van der Waals surface area contributed by atoms with Gasteiger partial charge in [0.1, 0.15) is 6.07 Å². The van der Waals surface area contributed by atoms with Crippen LogP contribution in [0.15, 0.2) is 58.5 Å². The Bertz CT molecular complexity index is 1620. The Morgan fingerprint density at radius 2 is 1.56 bits per heavy atom. The molecule has 3 saturated carbocycles. The van der Waals surface area contributed by atoms with Gasteiger partial charge in [0.25, 0.3) is 0 Å². The van der Waals surface area contributed by atoms with Gasteiger partial charge in [-0.3, -0.25) is 9.59 Å². The van der Waals surface area contributed by atoms with Gasteiger partial charge in [0.15, 0.2) is 11.6 Å². The molecule has 0 heterocycles. The highest BCUT2D eigenvalue weighted by atomic mass is 32.2. The van der Waals surface area contributed by atoms with Crippen molar-refractivity contribution in [1.29, 1.82) is 5.26 Å². The first-order valence-corrected chi connectivity index (χ1v) is 17.4. The van der Waals surface area contributed by atoms with E-state index in [4.69, 9.17) is 0 Å². The fourth-order valence-electron chi connectivity index (χ4n) is 10.7. The van der Waals surface area contributed by atoms with E-state index in [1.165, 1.54) is 0 Å². The van der Waals surface area contributed by atoms with Crippen molar-refractivity contribution >= 4 is 21.6 Å². The van der Waals surface area contributed by atoms with Crippen molar-refractivity contribution in [2.24, 2.45) is 44.8 Å². The molecule has 7 heteroatoms. The predicted molar refractivity (Wildman–Crippen MR) is 166 cm³/mol. The SMILES string of the molecule is CC1(C)CC[C@]2(NS(=O)(=O)c3ccccc3)CC[C@]3(C)[C@H](C(=O)C=C4[C@@]5(C)C=C(C#N)C(=O)C(C)(C)[C@@H]5CC[C@]43C)[C@H]2C1. The number of benzene rings is 1. The molecule has 6 nitrogen and oxygen atoms in total. The summed E-state index contributed by atoms with van der Waals surface area (Å²) in [4.78, 5) is 28.2. The minimum atomic E-state index is -3.79. The lowest BCUT2D eigenvalue weighted by Crippen LogP contribution is -2.69. The lowest BCUT2D eigenvalue weighted by Gasteiger charge is -2.69. The van der Waals surface area contributed by atoms with Gasteiger partial charge in [0.05, 0.1) is 10.5 Å². The molecule has 5 aliphatic carbocycles. The monoisotopic (exact) mass is 602 g/mol. The molecule has 1 aromatic rings. The van der Waals surface area contributed by atoms with Crippen molar-refractivity contribution in [2.75, 3.05) is 0 Å². The first-order chi connectivity index (χ1) is 19.9. The van der Waals surface area contributed by atoms with Crippen molar-refractivity contribution < 1.29 is 18.0 Å². The Kier molecular flexibility index (Phi) is 6.54. The maximum absolute atomic E-state index is 14.7. The van der Waals surface area contributed by atoms with Crippen LogP contribution >= 0.6 is 0 Å². The summed E-state index contributed by atoms with van der Waals surface area (Å²) in [6, 6.07) is 10.7. The number of ketones is 2. The standard InChI is InChI=1S/C36H46N2O4S/c1-31(2)15-17-36(38-43(41,42)24-11-9-8-10-12-24)18-16-35(7)29(25(36)21-31)26(39)19-28-33(5)20-23(22-37)30(40)32(3,4)27(33)13-14-34(28,35)6/h8-12,19-20,25,27,29,38H,13-18,21H2,1-7H3/t25-,27+,29+,33+,34-,35-,36+/m1/s1. The number of Topliss-reactive ketones (excluding diaryl/α,β-unsaturated/α-hetero) is 1. The molecular formula is C36H46N2O4S. The van der Waals surface area contributed by atoms with Crippen molar-refractivity contribution in [3.8, 4) is 6.07 Å². The van der Waals surface area contributed by atoms with E-state index in [0.717, 1.165) is 37.7 Å². The molecule has 0 amide bonds. The molecule has 0 unspecified atom stereocenters. The molecular weight excluding hydrogens is 556 g/mol.